The minimum absolute atomic E-state index is 1.06. The number of hydrogen-bond donors (Lipinski definition) is 0. The SMILES string of the molecule is C1CCCC1.CC.CC.CC.CC1CCC1. The Kier molecular flexibility index (Phi) is 32.3. The van der Waals surface area contributed by atoms with E-state index in [-0.39, 0.29) is 0 Å². The molecular formula is C16H38. The van der Waals surface area contributed by atoms with Crippen molar-refractivity contribution in [3.05, 3.63) is 0 Å². The van der Waals surface area contributed by atoms with Gasteiger partial charge in [-0.05, 0) is 5.92 Å². The Morgan fingerprint density at radius 1 is 0.500 bits per heavy atom. The molecule has 2 aliphatic rings. The van der Waals surface area contributed by atoms with Gasteiger partial charge in [0.25, 0.3) is 0 Å². The van der Waals surface area contributed by atoms with Crippen LogP contribution in [0.15, 0.2) is 0 Å². The Hall–Kier alpha value is 0. The van der Waals surface area contributed by atoms with Crippen LogP contribution in [0.5, 0.6) is 0 Å². The molecule has 0 saturated heterocycles. The maximum atomic E-state index is 2.31. The highest BCUT2D eigenvalue weighted by Crippen LogP contribution is 2.24. The van der Waals surface area contributed by atoms with Gasteiger partial charge in [0, 0.05) is 0 Å². The summed E-state index contributed by atoms with van der Waals surface area (Å²) in [4.78, 5) is 0. The monoisotopic (exact) mass is 230 g/mol. The Morgan fingerprint density at radius 3 is 0.750 bits per heavy atom. The van der Waals surface area contributed by atoms with Crippen molar-refractivity contribution < 1.29 is 0 Å². The highest BCUT2D eigenvalue weighted by molar-refractivity contribution is 4.62. The summed E-state index contributed by atoms with van der Waals surface area (Å²) in [5, 5.41) is 0. The van der Waals surface area contributed by atoms with E-state index in [9.17, 15) is 0 Å². The van der Waals surface area contributed by atoms with Crippen LogP contribution in [0, 0.1) is 5.92 Å². The Bertz CT molecular complexity index is 60.5. The molecule has 2 fully saturated rings. The predicted octanol–water partition coefficient (Wildman–Crippen LogP) is 6.84. The summed E-state index contributed by atoms with van der Waals surface area (Å²) in [7, 11) is 0. The molecule has 0 heterocycles. The molecule has 0 spiro atoms. The molecule has 102 valence electrons. The van der Waals surface area contributed by atoms with Crippen LogP contribution in [0.3, 0.4) is 0 Å². The topological polar surface area (TPSA) is 0 Å². The van der Waals surface area contributed by atoms with Crippen LogP contribution in [-0.4, -0.2) is 0 Å². The highest BCUT2D eigenvalue weighted by atomic mass is 14.1. The van der Waals surface area contributed by atoms with E-state index in [1.165, 1.54) is 51.4 Å². The van der Waals surface area contributed by atoms with Gasteiger partial charge >= 0.3 is 0 Å². The molecule has 0 atom stereocenters. The summed E-state index contributed by atoms with van der Waals surface area (Å²) in [6, 6.07) is 0. The van der Waals surface area contributed by atoms with Gasteiger partial charge in [0.05, 0.1) is 0 Å². The van der Waals surface area contributed by atoms with Gasteiger partial charge < -0.3 is 0 Å². The lowest BCUT2D eigenvalue weighted by Crippen LogP contribution is -2.04. The third kappa shape index (κ3) is 19.6. The zero-order valence-corrected chi connectivity index (χ0v) is 13.2. The van der Waals surface area contributed by atoms with Crippen molar-refractivity contribution in [2.24, 2.45) is 5.92 Å². The van der Waals surface area contributed by atoms with Crippen molar-refractivity contribution in [1.29, 1.82) is 0 Å². The van der Waals surface area contributed by atoms with E-state index >= 15 is 0 Å². The first-order chi connectivity index (χ1) is 7.89. The van der Waals surface area contributed by atoms with Crippen molar-refractivity contribution in [2.45, 2.75) is 99.8 Å². The molecule has 0 aromatic carbocycles. The average molecular weight is 230 g/mol. The zero-order chi connectivity index (χ0) is 13.2. The fraction of sp³-hybridized carbons (Fsp3) is 1.00. The van der Waals surface area contributed by atoms with E-state index in [1.807, 2.05) is 41.5 Å². The van der Waals surface area contributed by atoms with Crippen molar-refractivity contribution in [2.75, 3.05) is 0 Å². The van der Waals surface area contributed by atoms with E-state index in [0.717, 1.165) is 5.92 Å². The van der Waals surface area contributed by atoms with Gasteiger partial charge in [-0.25, -0.2) is 0 Å². The third-order valence-corrected chi connectivity index (χ3v) is 2.64. The van der Waals surface area contributed by atoms with Gasteiger partial charge in [-0.15, -0.1) is 0 Å². The van der Waals surface area contributed by atoms with Gasteiger partial charge in [0.2, 0.25) is 0 Å². The van der Waals surface area contributed by atoms with E-state index in [1.54, 1.807) is 0 Å². The minimum Gasteiger partial charge on any atom is -0.0683 e. The van der Waals surface area contributed by atoms with Crippen LogP contribution in [0.1, 0.15) is 99.8 Å². The first-order valence-electron chi connectivity index (χ1n) is 7.89. The molecule has 0 N–H and O–H groups in total. The summed E-state index contributed by atoms with van der Waals surface area (Å²) in [6.45, 7) is 14.3. The van der Waals surface area contributed by atoms with E-state index < -0.39 is 0 Å². The molecule has 0 nitrogen and oxygen atoms in total. The Balaban J connectivity index is -0.000000146. The third-order valence-electron chi connectivity index (χ3n) is 2.64. The quantitative estimate of drug-likeness (QED) is 0.427. The smallest absolute Gasteiger partial charge is 0.0443 e. The second kappa shape index (κ2) is 24.3. The summed E-state index contributed by atoms with van der Waals surface area (Å²) < 4.78 is 0. The first kappa shape index (κ1) is 21.3. The number of hydrogen-bond acceptors (Lipinski definition) is 0. The fourth-order valence-electron chi connectivity index (χ4n) is 1.50. The Labute approximate surface area is 106 Å². The Morgan fingerprint density at radius 2 is 0.688 bits per heavy atom. The predicted molar refractivity (Wildman–Crippen MR) is 80.1 cm³/mol. The lowest BCUT2D eigenvalue weighted by atomic mass is 9.88. The van der Waals surface area contributed by atoms with Crippen LogP contribution in [0.2, 0.25) is 0 Å². The maximum Gasteiger partial charge on any atom is -0.0443 e. The normalized spacial score (nSPS) is 16.7. The van der Waals surface area contributed by atoms with Crippen LogP contribution in [0.25, 0.3) is 0 Å². The van der Waals surface area contributed by atoms with E-state index in [2.05, 4.69) is 6.92 Å². The van der Waals surface area contributed by atoms with Gasteiger partial charge in [-0.3, -0.25) is 0 Å². The van der Waals surface area contributed by atoms with E-state index in [4.69, 9.17) is 0 Å². The van der Waals surface area contributed by atoms with Gasteiger partial charge in [-0.1, -0.05) is 99.8 Å². The highest BCUT2D eigenvalue weighted by Gasteiger charge is 2.09. The molecular weight excluding hydrogens is 192 g/mol. The molecule has 0 aromatic heterocycles. The summed E-state index contributed by atoms with van der Waals surface area (Å²) in [5.41, 5.74) is 0. The average Bonchev–Trinajstić information content (AvgIpc) is 2.93. The lowest BCUT2D eigenvalue weighted by molar-refractivity contribution is 0.346. The molecule has 2 aliphatic carbocycles. The number of rotatable bonds is 0. The van der Waals surface area contributed by atoms with Crippen LogP contribution in [-0.2, 0) is 0 Å². The van der Waals surface area contributed by atoms with Crippen LogP contribution in [0.4, 0.5) is 0 Å². The largest absolute Gasteiger partial charge is 0.0683 e. The first-order valence-corrected chi connectivity index (χ1v) is 7.89. The molecule has 16 heavy (non-hydrogen) atoms. The second-order valence-electron chi connectivity index (χ2n) is 3.80. The summed E-state index contributed by atoms with van der Waals surface area (Å²) in [6.07, 6.45) is 12.0. The van der Waals surface area contributed by atoms with Gasteiger partial charge in [0.1, 0.15) is 0 Å². The molecule has 0 heteroatoms. The molecule has 0 radical (unpaired) electrons. The van der Waals surface area contributed by atoms with E-state index in [0.29, 0.717) is 0 Å². The van der Waals surface area contributed by atoms with Gasteiger partial charge in [0.15, 0.2) is 0 Å². The fourth-order valence-corrected chi connectivity index (χ4v) is 1.50. The van der Waals surface area contributed by atoms with Crippen LogP contribution >= 0.6 is 0 Å². The van der Waals surface area contributed by atoms with Crippen molar-refractivity contribution in [1.82, 2.24) is 0 Å². The summed E-state index contributed by atoms with van der Waals surface area (Å²) >= 11 is 0. The van der Waals surface area contributed by atoms with Crippen molar-refractivity contribution in [3.8, 4) is 0 Å². The molecule has 2 rings (SSSR count). The minimum atomic E-state index is 1.06. The zero-order valence-electron chi connectivity index (χ0n) is 13.2. The maximum absolute atomic E-state index is 2.31. The molecule has 0 aliphatic heterocycles. The van der Waals surface area contributed by atoms with Crippen LogP contribution < -0.4 is 0 Å². The second-order valence-corrected chi connectivity index (χ2v) is 3.80. The lowest BCUT2D eigenvalue weighted by Gasteiger charge is -2.18. The molecule has 0 bridgehead atoms. The molecule has 2 saturated carbocycles. The summed E-state index contributed by atoms with van der Waals surface area (Å²) in [5.74, 6) is 1.06. The standard InChI is InChI=1S/2C5H10.3C2H6/c1-5-3-2-4-5;1-2-4-5-3-1;3*1-2/h5H,2-4H2,1H3;1-5H2;3*1-2H3. The molecule has 0 amide bonds. The van der Waals surface area contributed by atoms with Gasteiger partial charge in [-0.2, -0.15) is 0 Å². The van der Waals surface area contributed by atoms with Crippen molar-refractivity contribution >= 4 is 0 Å². The molecule has 0 aromatic rings. The van der Waals surface area contributed by atoms with Crippen molar-refractivity contribution in [3.63, 3.8) is 0 Å². The molecule has 0 unspecified atom stereocenters.